The van der Waals surface area contributed by atoms with Gasteiger partial charge in [0.2, 0.25) is 5.89 Å². The van der Waals surface area contributed by atoms with Gasteiger partial charge in [-0.3, -0.25) is 0 Å². The molecule has 3 heteroatoms. The lowest BCUT2D eigenvalue weighted by molar-refractivity contribution is 0.623. The lowest BCUT2D eigenvalue weighted by Gasteiger charge is -2.29. The van der Waals surface area contributed by atoms with Crippen molar-refractivity contribution in [3.05, 3.63) is 194 Å². The molecule has 0 saturated carbocycles. The summed E-state index contributed by atoms with van der Waals surface area (Å²) in [7, 11) is 0. The number of anilines is 3. The lowest BCUT2D eigenvalue weighted by Crippen LogP contribution is -2.11. The Bertz CT molecular complexity index is 2880. The van der Waals surface area contributed by atoms with Crippen LogP contribution in [0.4, 0.5) is 17.1 Å². The van der Waals surface area contributed by atoms with Crippen LogP contribution in [0.2, 0.25) is 0 Å². The lowest BCUT2D eigenvalue weighted by atomic mass is 9.94. The molecule has 0 aliphatic heterocycles. The van der Waals surface area contributed by atoms with Gasteiger partial charge >= 0.3 is 0 Å². The zero-order valence-electron chi connectivity index (χ0n) is 28.3. The maximum Gasteiger partial charge on any atom is 0.227 e. The van der Waals surface area contributed by atoms with E-state index in [0.717, 1.165) is 77.2 Å². The van der Waals surface area contributed by atoms with Crippen molar-refractivity contribution in [2.45, 2.75) is 0 Å². The number of aromatic nitrogens is 1. The minimum absolute atomic E-state index is 0.629. The number of fused-ring (bicyclic) bond motifs is 8. The Labute approximate surface area is 301 Å². The van der Waals surface area contributed by atoms with Crippen LogP contribution in [-0.2, 0) is 0 Å². The molecule has 0 aliphatic rings. The third-order valence-corrected chi connectivity index (χ3v) is 10.1. The first-order valence-electron chi connectivity index (χ1n) is 17.6. The molecule has 244 valence electrons. The highest BCUT2D eigenvalue weighted by Gasteiger charge is 2.21. The zero-order valence-corrected chi connectivity index (χ0v) is 28.3. The second-order valence-corrected chi connectivity index (χ2v) is 13.1. The number of nitrogens with zero attached hydrogens (tertiary/aromatic N) is 2. The quantitative estimate of drug-likeness (QED) is 0.166. The monoisotopic (exact) mass is 664 g/mol. The van der Waals surface area contributed by atoms with E-state index in [1.54, 1.807) is 0 Å². The predicted octanol–water partition coefficient (Wildman–Crippen LogP) is 13.8. The van der Waals surface area contributed by atoms with E-state index < -0.39 is 0 Å². The van der Waals surface area contributed by atoms with E-state index in [-0.39, 0.29) is 0 Å². The fourth-order valence-electron chi connectivity index (χ4n) is 7.62. The van der Waals surface area contributed by atoms with E-state index in [4.69, 9.17) is 9.40 Å². The summed E-state index contributed by atoms with van der Waals surface area (Å²) >= 11 is 0. The van der Waals surface area contributed by atoms with Gasteiger partial charge in [0.15, 0.2) is 5.58 Å². The minimum Gasteiger partial charge on any atom is -0.435 e. The van der Waals surface area contributed by atoms with Crippen LogP contribution in [-0.4, -0.2) is 4.98 Å². The highest BCUT2D eigenvalue weighted by molar-refractivity contribution is 6.29. The first-order chi connectivity index (χ1) is 25.8. The molecule has 0 atom stereocenters. The number of hydrogen-bond donors (Lipinski definition) is 0. The molecule has 0 bridgehead atoms. The number of hydrogen-bond acceptors (Lipinski definition) is 3. The first kappa shape index (κ1) is 29.9. The maximum absolute atomic E-state index is 6.59. The molecule has 10 rings (SSSR count). The molecule has 9 aromatic carbocycles. The van der Waals surface area contributed by atoms with Crippen molar-refractivity contribution in [3.8, 4) is 33.7 Å². The summed E-state index contributed by atoms with van der Waals surface area (Å²) in [5.74, 6) is 0.629. The van der Waals surface area contributed by atoms with Gasteiger partial charge in [-0.05, 0) is 80.7 Å². The van der Waals surface area contributed by atoms with Crippen LogP contribution in [0.5, 0.6) is 0 Å². The van der Waals surface area contributed by atoms with Crippen LogP contribution in [0, 0.1) is 0 Å². The van der Waals surface area contributed by atoms with Crippen molar-refractivity contribution in [3.63, 3.8) is 0 Å². The largest absolute Gasteiger partial charge is 0.435 e. The molecule has 1 heterocycles. The van der Waals surface area contributed by atoms with E-state index in [0.29, 0.717) is 5.89 Å². The first-order valence-corrected chi connectivity index (χ1v) is 17.6. The molecule has 10 aromatic rings. The number of para-hydroxylation sites is 1. The molecule has 0 amide bonds. The highest BCUT2D eigenvalue weighted by atomic mass is 16.3. The molecule has 0 saturated heterocycles. The van der Waals surface area contributed by atoms with Gasteiger partial charge in [0.1, 0.15) is 5.52 Å². The van der Waals surface area contributed by atoms with Crippen molar-refractivity contribution in [2.75, 3.05) is 4.90 Å². The molecule has 3 nitrogen and oxygen atoms in total. The Kier molecular flexibility index (Phi) is 7.14. The van der Waals surface area contributed by atoms with Crippen LogP contribution < -0.4 is 4.90 Å². The Hall–Kier alpha value is -6.97. The van der Waals surface area contributed by atoms with Gasteiger partial charge in [0, 0.05) is 33.3 Å². The summed E-state index contributed by atoms with van der Waals surface area (Å²) in [4.78, 5) is 7.56. The number of rotatable bonds is 6. The normalized spacial score (nSPS) is 11.5. The van der Waals surface area contributed by atoms with E-state index in [1.807, 2.05) is 30.3 Å². The van der Waals surface area contributed by atoms with Crippen molar-refractivity contribution in [1.29, 1.82) is 0 Å². The van der Waals surface area contributed by atoms with Gasteiger partial charge in [0.25, 0.3) is 0 Å². The molecule has 1 aromatic heterocycles. The second kappa shape index (κ2) is 12.4. The molecule has 0 spiro atoms. The van der Waals surface area contributed by atoms with Gasteiger partial charge in [0.05, 0.1) is 5.69 Å². The van der Waals surface area contributed by atoms with Crippen molar-refractivity contribution in [1.82, 2.24) is 4.98 Å². The van der Waals surface area contributed by atoms with Gasteiger partial charge in [-0.1, -0.05) is 152 Å². The van der Waals surface area contributed by atoms with Gasteiger partial charge in [-0.15, -0.1) is 0 Å². The van der Waals surface area contributed by atoms with Gasteiger partial charge in [-0.25, -0.2) is 4.98 Å². The Morgan fingerprint density at radius 3 is 1.75 bits per heavy atom. The van der Waals surface area contributed by atoms with Crippen molar-refractivity contribution < 1.29 is 4.42 Å². The van der Waals surface area contributed by atoms with Gasteiger partial charge in [-0.2, -0.15) is 0 Å². The summed E-state index contributed by atoms with van der Waals surface area (Å²) in [6, 6.07) is 68.7. The zero-order chi connectivity index (χ0) is 34.4. The van der Waals surface area contributed by atoms with Crippen LogP contribution in [0.1, 0.15) is 0 Å². The van der Waals surface area contributed by atoms with Crippen LogP contribution in [0.3, 0.4) is 0 Å². The van der Waals surface area contributed by atoms with Crippen LogP contribution in [0.25, 0.3) is 77.1 Å². The number of oxazole rings is 1. The number of benzene rings is 9. The SMILES string of the molecule is c1ccc(-c2ccc(-c3ccccc3)c(N(c3ccccc3)c3ccc4c(ccc5c6ccccc6c6oc(-c7ccccc7)nc6c45)c3)c2)cc1. The standard InChI is InChI=1S/C49H32N2O/c1-5-15-33(16-6-1)36-25-28-40(34-17-7-2-8-18-34)45(32-36)51(38-21-11-4-12-22-38)39-27-30-41-37(31-39)26-29-43-42-23-13-14-24-44(42)48-47(46(41)43)50-49(52-48)35-19-9-3-10-20-35/h1-32H. The average Bonchev–Trinajstić information content (AvgIpc) is 3.68. The van der Waals surface area contributed by atoms with Crippen molar-refractivity contribution in [2.24, 2.45) is 0 Å². The molecule has 0 radical (unpaired) electrons. The summed E-state index contributed by atoms with van der Waals surface area (Å²) in [6.45, 7) is 0. The van der Waals surface area contributed by atoms with E-state index >= 15 is 0 Å². The Morgan fingerprint density at radius 2 is 1.02 bits per heavy atom. The highest BCUT2D eigenvalue weighted by Crippen LogP contribution is 2.45. The Morgan fingerprint density at radius 1 is 0.404 bits per heavy atom. The van der Waals surface area contributed by atoms with E-state index in [2.05, 4.69) is 169 Å². The molecule has 52 heavy (non-hydrogen) atoms. The predicted molar refractivity (Wildman–Crippen MR) is 218 cm³/mol. The third kappa shape index (κ3) is 5.02. The molecular weight excluding hydrogens is 633 g/mol. The summed E-state index contributed by atoms with van der Waals surface area (Å²) in [5.41, 5.74) is 10.6. The topological polar surface area (TPSA) is 29.3 Å². The van der Waals surface area contributed by atoms with Crippen molar-refractivity contribution >= 4 is 60.5 Å². The average molecular weight is 665 g/mol. The smallest absolute Gasteiger partial charge is 0.227 e. The Balaban J connectivity index is 1.23. The molecule has 0 aliphatic carbocycles. The fraction of sp³-hybridized carbons (Fsp3) is 0. The van der Waals surface area contributed by atoms with Gasteiger partial charge < -0.3 is 9.32 Å². The molecule has 0 fully saturated rings. The van der Waals surface area contributed by atoms with Crippen LogP contribution >= 0.6 is 0 Å². The van der Waals surface area contributed by atoms with Crippen LogP contribution in [0.15, 0.2) is 199 Å². The summed E-state index contributed by atoms with van der Waals surface area (Å²) in [5, 5.41) is 6.76. The fourth-order valence-corrected chi connectivity index (χ4v) is 7.62. The van der Waals surface area contributed by atoms with E-state index in [1.165, 1.54) is 11.1 Å². The maximum atomic E-state index is 6.59. The third-order valence-electron chi connectivity index (χ3n) is 10.1. The summed E-state index contributed by atoms with van der Waals surface area (Å²) < 4.78 is 6.59. The minimum atomic E-state index is 0.629. The summed E-state index contributed by atoms with van der Waals surface area (Å²) in [6.07, 6.45) is 0. The molecular formula is C49H32N2O. The van der Waals surface area contributed by atoms with E-state index in [9.17, 15) is 0 Å². The molecule has 0 N–H and O–H groups in total. The second-order valence-electron chi connectivity index (χ2n) is 13.1. The molecule has 0 unspecified atom stereocenters.